The van der Waals surface area contributed by atoms with Crippen molar-refractivity contribution in [3.8, 4) is 11.1 Å². The van der Waals surface area contributed by atoms with Gasteiger partial charge < -0.3 is 10.2 Å². The monoisotopic (exact) mass is 439 g/mol. The van der Waals surface area contributed by atoms with E-state index in [4.69, 9.17) is 0 Å². The Hall–Kier alpha value is -3.80. The summed E-state index contributed by atoms with van der Waals surface area (Å²) in [6.07, 6.45) is 5.79. The summed E-state index contributed by atoms with van der Waals surface area (Å²) in [4.78, 5) is 28.0. The second-order valence-electron chi connectivity index (χ2n) is 8.08. The molecule has 168 valence electrons. The van der Waals surface area contributed by atoms with Crippen LogP contribution in [0.2, 0.25) is 0 Å². The van der Waals surface area contributed by atoms with E-state index in [2.05, 4.69) is 57.5 Å². The van der Waals surface area contributed by atoms with Gasteiger partial charge in [0.25, 0.3) is 0 Å². The van der Waals surface area contributed by atoms with Gasteiger partial charge in [0, 0.05) is 31.6 Å². The Morgan fingerprint density at radius 2 is 1.82 bits per heavy atom. The van der Waals surface area contributed by atoms with Gasteiger partial charge in [-0.3, -0.25) is 9.78 Å². The average Bonchev–Trinajstić information content (AvgIpc) is 2.87. The minimum Gasteiger partial charge on any atom is -0.373 e. The maximum Gasteiger partial charge on any atom is 0.223 e. The first-order valence-corrected chi connectivity index (χ1v) is 11.4. The third kappa shape index (κ3) is 5.52. The first kappa shape index (κ1) is 22.4. The molecular formula is C27H29N5O. The summed E-state index contributed by atoms with van der Waals surface area (Å²) in [6, 6.07) is 20.4. The number of carbonyl (C=O) groups is 1. The summed E-state index contributed by atoms with van der Waals surface area (Å²) >= 11 is 0. The fourth-order valence-electron chi connectivity index (χ4n) is 3.91. The molecule has 0 saturated carbocycles. The Morgan fingerprint density at radius 1 is 0.939 bits per heavy atom. The summed E-state index contributed by atoms with van der Waals surface area (Å²) in [5.41, 5.74) is 5.07. The molecule has 0 aliphatic rings. The Kier molecular flexibility index (Phi) is 7.25. The third-order valence-corrected chi connectivity index (χ3v) is 5.68. The second kappa shape index (κ2) is 10.7. The molecule has 2 aromatic carbocycles. The van der Waals surface area contributed by atoms with Crippen LogP contribution < -0.4 is 5.32 Å². The molecule has 0 atom stereocenters. The second-order valence-corrected chi connectivity index (χ2v) is 8.08. The first-order chi connectivity index (χ1) is 16.2. The van der Waals surface area contributed by atoms with E-state index < -0.39 is 0 Å². The number of carbonyl (C=O) groups excluding carboxylic acids is 1. The highest BCUT2D eigenvalue weighted by atomic mass is 16.2. The highest BCUT2D eigenvalue weighted by molar-refractivity contribution is 5.92. The van der Waals surface area contributed by atoms with E-state index in [0.717, 1.165) is 51.9 Å². The van der Waals surface area contributed by atoms with Gasteiger partial charge in [-0.1, -0.05) is 43.7 Å². The predicted octanol–water partition coefficient (Wildman–Crippen LogP) is 5.45. The molecule has 0 fully saturated rings. The van der Waals surface area contributed by atoms with E-state index in [9.17, 15) is 4.79 Å². The van der Waals surface area contributed by atoms with Gasteiger partial charge >= 0.3 is 0 Å². The standard InChI is InChI=1S/C27H29N5O/c1-3-4-11-26(33)32(18-23-10-5-6-14-29-23)17-20-8-7-9-21(15-20)22-12-13-25-24(16-22)27(28-2)31-19-30-25/h5-10,12-16,19H,3-4,11,17-18H2,1-2H3,(H,28,30,31). The average molecular weight is 440 g/mol. The molecule has 0 bridgehead atoms. The summed E-state index contributed by atoms with van der Waals surface area (Å²) in [5.74, 6) is 0.968. The van der Waals surface area contributed by atoms with Gasteiger partial charge in [-0.25, -0.2) is 9.97 Å². The number of hydrogen-bond acceptors (Lipinski definition) is 5. The summed E-state index contributed by atoms with van der Waals surface area (Å²) in [7, 11) is 1.86. The van der Waals surface area contributed by atoms with Crippen LogP contribution in [0.25, 0.3) is 22.0 Å². The van der Waals surface area contributed by atoms with Gasteiger partial charge in [-0.05, 0) is 53.4 Å². The minimum atomic E-state index is 0.162. The van der Waals surface area contributed by atoms with Crippen molar-refractivity contribution >= 4 is 22.6 Å². The van der Waals surface area contributed by atoms with Gasteiger partial charge in [-0.2, -0.15) is 0 Å². The summed E-state index contributed by atoms with van der Waals surface area (Å²) in [6.45, 7) is 3.16. The molecule has 6 nitrogen and oxygen atoms in total. The molecule has 0 radical (unpaired) electrons. The van der Waals surface area contributed by atoms with Crippen molar-refractivity contribution in [2.24, 2.45) is 0 Å². The Bertz CT molecular complexity index is 1230. The summed E-state index contributed by atoms with van der Waals surface area (Å²) < 4.78 is 0. The fourth-order valence-corrected chi connectivity index (χ4v) is 3.91. The zero-order chi connectivity index (χ0) is 23.0. The van der Waals surface area contributed by atoms with Crippen molar-refractivity contribution in [1.82, 2.24) is 19.9 Å². The molecule has 0 spiro atoms. The predicted molar refractivity (Wildman–Crippen MR) is 133 cm³/mol. The zero-order valence-corrected chi connectivity index (χ0v) is 19.2. The number of fused-ring (bicyclic) bond motifs is 1. The van der Waals surface area contributed by atoms with E-state index in [1.54, 1.807) is 12.5 Å². The third-order valence-electron chi connectivity index (χ3n) is 5.68. The smallest absolute Gasteiger partial charge is 0.223 e. The highest BCUT2D eigenvalue weighted by Gasteiger charge is 2.15. The SMILES string of the molecule is CCCCC(=O)N(Cc1cccc(-c2ccc3ncnc(NC)c3c2)c1)Cc1ccccn1. The molecule has 0 unspecified atom stereocenters. The molecular weight excluding hydrogens is 410 g/mol. The van der Waals surface area contributed by atoms with Crippen LogP contribution in [0.3, 0.4) is 0 Å². The number of rotatable bonds is 9. The molecule has 0 saturated heterocycles. The zero-order valence-electron chi connectivity index (χ0n) is 19.2. The van der Waals surface area contributed by atoms with E-state index in [-0.39, 0.29) is 5.91 Å². The number of nitrogens with zero attached hydrogens (tertiary/aromatic N) is 4. The maximum atomic E-state index is 13.0. The molecule has 2 aromatic heterocycles. The van der Waals surface area contributed by atoms with Crippen molar-refractivity contribution in [3.05, 3.63) is 84.4 Å². The number of anilines is 1. The quantitative estimate of drug-likeness (QED) is 0.375. The molecule has 4 rings (SSSR count). The van der Waals surface area contributed by atoms with Crippen LogP contribution in [0.5, 0.6) is 0 Å². The number of hydrogen-bond donors (Lipinski definition) is 1. The molecule has 0 aliphatic carbocycles. The van der Waals surface area contributed by atoms with Crippen LogP contribution in [0, 0.1) is 0 Å². The minimum absolute atomic E-state index is 0.162. The highest BCUT2D eigenvalue weighted by Crippen LogP contribution is 2.27. The lowest BCUT2D eigenvalue weighted by atomic mass is 10.0. The topological polar surface area (TPSA) is 71.0 Å². The van der Waals surface area contributed by atoms with Gasteiger partial charge in [0.05, 0.1) is 17.8 Å². The van der Waals surface area contributed by atoms with Crippen molar-refractivity contribution in [3.63, 3.8) is 0 Å². The largest absolute Gasteiger partial charge is 0.373 e. The first-order valence-electron chi connectivity index (χ1n) is 11.4. The molecule has 0 aliphatic heterocycles. The van der Waals surface area contributed by atoms with Gasteiger partial charge in [0.2, 0.25) is 5.91 Å². The number of nitrogens with one attached hydrogen (secondary N) is 1. The lowest BCUT2D eigenvalue weighted by Crippen LogP contribution is -2.30. The van der Waals surface area contributed by atoms with Crippen LogP contribution in [0.15, 0.2) is 73.2 Å². The van der Waals surface area contributed by atoms with Crippen molar-refractivity contribution in [2.45, 2.75) is 39.3 Å². The maximum absolute atomic E-state index is 13.0. The number of aromatic nitrogens is 3. The van der Waals surface area contributed by atoms with Crippen LogP contribution in [0.4, 0.5) is 5.82 Å². The Labute approximate surface area is 194 Å². The molecule has 1 N–H and O–H groups in total. The molecule has 2 heterocycles. The molecule has 6 heteroatoms. The lowest BCUT2D eigenvalue weighted by molar-refractivity contribution is -0.132. The number of benzene rings is 2. The van der Waals surface area contributed by atoms with Crippen molar-refractivity contribution < 1.29 is 4.79 Å². The summed E-state index contributed by atoms with van der Waals surface area (Å²) in [5, 5.41) is 4.12. The Balaban J connectivity index is 1.61. The fraction of sp³-hybridized carbons (Fsp3) is 0.259. The van der Waals surface area contributed by atoms with E-state index >= 15 is 0 Å². The molecule has 1 amide bonds. The Morgan fingerprint density at radius 3 is 2.61 bits per heavy atom. The number of pyridine rings is 1. The molecule has 4 aromatic rings. The van der Waals surface area contributed by atoms with Crippen molar-refractivity contribution in [1.29, 1.82) is 0 Å². The van der Waals surface area contributed by atoms with Crippen LogP contribution in [-0.4, -0.2) is 32.8 Å². The lowest BCUT2D eigenvalue weighted by Gasteiger charge is -2.23. The van der Waals surface area contributed by atoms with E-state index in [0.29, 0.717) is 19.5 Å². The number of amides is 1. The van der Waals surface area contributed by atoms with E-state index in [1.807, 2.05) is 42.3 Å². The van der Waals surface area contributed by atoms with Gasteiger partial charge in [0.15, 0.2) is 0 Å². The van der Waals surface area contributed by atoms with Crippen LogP contribution in [0.1, 0.15) is 37.4 Å². The van der Waals surface area contributed by atoms with Gasteiger partial charge in [-0.15, -0.1) is 0 Å². The van der Waals surface area contributed by atoms with Gasteiger partial charge in [0.1, 0.15) is 12.1 Å². The number of unbranched alkanes of at least 4 members (excludes halogenated alkanes) is 1. The van der Waals surface area contributed by atoms with E-state index in [1.165, 1.54) is 0 Å². The van der Waals surface area contributed by atoms with Crippen LogP contribution >= 0.6 is 0 Å². The normalized spacial score (nSPS) is 10.8. The van der Waals surface area contributed by atoms with Crippen molar-refractivity contribution in [2.75, 3.05) is 12.4 Å². The van der Waals surface area contributed by atoms with Crippen LogP contribution in [-0.2, 0) is 17.9 Å². The molecule has 33 heavy (non-hydrogen) atoms.